The predicted octanol–water partition coefficient (Wildman–Crippen LogP) is 7.42. The van der Waals surface area contributed by atoms with Crippen LogP contribution in [0.25, 0.3) is 108 Å². The Hall–Kier alpha value is -8.42. The normalized spacial score (nSPS) is 12.2. The van der Waals surface area contributed by atoms with E-state index in [-0.39, 0.29) is 5.57 Å². The van der Waals surface area contributed by atoms with E-state index in [9.17, 15) is 15.2 Å². The lowest BCUT2D eigenvalue weighted by Crippen LogP contribution is -1.96. The van der Waals surface area contributed by atoms with Gasteiger partial charge in [-0.2, -0.15) is 5.26 Å². The van der Waals surface area contributed by atoms with E-state index in [1.807, 2.05) is 60.7 Å². The Labute approximate surface area is 330 Å². The van der Waals surface area contributed by atoms with Crippen LogP contribution in [0.15, 0.2) is 84.4 Å². The van der Waals surface area contributed by atoms with Gasteiger partial charge in [-0.05, 0) is 66.2 Å². The van der Waals surface area contributed by atoms with Crippen LogP contribution < -0.4 is 22.9 Å². The first-order valence-electron chi connectivity index (χ1n) is 17.7. The number of hydrogen-bond donors (Lipinski definition) is 7. The Bertz CT molecular complexity index is 3410. The molecular formula is C42H27N13O2S. The summed E-state index contributed by atoms with van der Waals surface area (Å²) in [6.45, 7) is 0. The Morgan fingerprint density at radius 3 is 1.60 bits per heavy atom. The number of rotatable bonds is 4. The van der Waals surface area contributed by atoms with Crippen molar-refractivity contribution in [2.75, 3.05) is 22.9 Å². The highest BCUT2D eigenvalue weighted by Crippen LogP contribution is 2.40. The summed E-state index contributed by atoms with van der Waals surface area (Å²) >= 11 is 1.36. The Morgan fingerprint density at radius 1 is 0.586 bits per heavy atom. The number of hydrogen-bond acceptors (Lipinski definition) is 13. The van der Waals surface area contributed by atoms with E-state index in [0.717, 1.165) is 32.3 Å². The number of benzene rings is 4. The molecule has 16 heteroatoms. The van der Waals surface area contributed by atoms with Gasteiger partial charge in [0.1, 0.15) is 34.2 Å². The smallest absolute Gasteiger partial charge is 0.346 e. The highest BCUT2D eigenvalue weighted by atomic mass is 32.1. The number of carboxylic acid groups (broad SMARTS) is 1. The Morgan fingerprint density at radius 2 is 1.07 bits per heavy atom. The lowest BCUT2D eigenvalue weighted by atomic mass is 10.1. The number of aliphatic carboxylic acids is 1. The highest BCUT2D eigenvalue weighted by Gasteiger charge is 2.23. The van der Waals surface area contributed by atoms with Gasteiger partial charge in [-0.15, -0.1) is 11.3 Å². The molecule has 278 valence electrons. The molecular weight excluding hydrogens is 751 g/mol. The number of nitrogens with two attached hydrogens (primary N) is 4. The number of nitrogen functional groups attached to an aromatic ring is 4. The van der Waals surface area contributed by atoms with Gasteiger partial charge in [0.25, 0.3) is 0 Å². The number of thiophene rings is 1. The molecule has 6 heterocycles. The summed E-state index contributed by atoms with van der Waals surface area (Å²) in [7, 11) is 0. The van der Waals surface area contributed by atoms with Crippen molar-refractivity contribution in [3.05, 3.63) is 99.8 Å². The first kappa shape index (κ1) is 34.1. The van der Waals surface area contributed by atoms with Crippen molar-refractivity contribution < 1.29 is 9.90 Å². The van der Waals surface area contributed by atoms with E-state index < -0.39 is 5.97 Å². The minimum Gasteiger partial charge on any atom is -0.477 e. The molecule has 0 atom stereocenters. The van der Waals surface area contributed by atoms with Crippen LogP contribution in [0.3, 0.4) is 0 Å². The number of nitrogens with zero attached hydrogens (tertiary/aromatic N) is 7. The molecule has 2 aliphatic heterocycles. The molecule has 0 saturated heterocycles. The van der Waals surface area contributed by atoms with Gasteiger partial charge in [0.2, 0.25) is 0 Å². The lowest BCUT2D eigenvalue weighted by Gasteiger charge is -2.04. The summed E-state index contributed by atoms with van der Waals surface area (Å²) in [4.78, 5) is 49.7. The number of carbonyl (C=O) groups is 1. The van der Waals surface area contributed by atoms with E-state index in [0.29, 0.717) is 95.4 Å². The zero-order valence-electron chi connectivity index (χ0n) is 29.9. The van der Waals surface area contributed by atoms with Crippen LogP contribution in [0.1, 0.15) is 15.3 Å². The van der Waals surface area contributed by atoms with Gasteiger partial charge in [0.05, 0.1) is 22.7 Å². The predicted molar refractivity (Wildman–Crippen MR) is 228 cm³/mol. The molecule has 0 saturated carbocycles. The number of nitriles is 1. The van der Waals surface area contributed by atoms with Gasteiger partial charge in [-0.1, -0.05) is 36.4 Å². The number of H-pyrrole nitrogens is 2. The summed E-state index contributed by atoms with van der Waals surface area (Å²) in [6.07, 6.45) is 5.22. The fraction of sp³-hybridized carbons (Fsp3) is 0. The van der Waals surface area contributed by atoms with Crippen molar-refractivity contribution >= 4 is 102 Å². The quantitative estimate of drug-likeness (QED) is 0.0521. The Balaban J connectivity index is 1.24. The first-order valence-corrected chi connectivity index (χ1v) is 18.5. The lowest BCUT2D eigenvalue weighted by molar-refractivity contribution is -0.132. The molecule has 0 amide bonds. The van der Waals surface area contributed by atoms with Crippen molar-refractivity contribution in [3.8, 4) is 51.6 Å². The number of aromatic nitrogens is 8. The van der Waals surface area contributed by atoms with Crippen molar-refractivity contribution in [3.63, 3.8) is 0 Å². The summed E-state index contributed by atoms with van der Waals surface area (Å²) in [5.41, 5.74) is 32.1. The summed E-state index contributed by atoms with van der Waals surface area (Å²) in [5.74, 6) is 0.323. The summed E-state index contributed by atoms with van der Waals surface area (Å²) < 4.78 is 0. The number of anilines is 4. The molecule has 8 bridgehead atoms. The van der Waals surface area contributed by atoms with E-state index in [2.05, 4.69) is 9.97 Å². The van der Waals surface area contributed by atoms with Crippen LogP contribution in [-0.4, -0.2) is 50.9 Å². The average Bonchev–Trinajstić information content (AvgIpc) is 4.02. The second-order valence-corrected chi connectivity index (χ2v) is 14.7. The molecule has 0 fully saturated rings. The molecule has 0 spiro atoms. The molecule has 2 aliphatic rings. The van der Waals surface area contributed by atoms with E-state index in [1.54, 1.807) is 36.4 Å². The molecule has 15 nitrogen and oxygen atoms in total. The van der Waals surface area contributed by atoms with Gasteiger partial charge in [-0.3, -0.25) is 0 Å². The molecule has 4 aromatic heterocycles. The molecule has 10 rings (SSSR count). The minimum atomic E-state index is -1.27. The number of fused-ring (bicyclic) bond motifs is 20. The van der Waals surface area contributed by atoms with Crippen LogP contribution in [0, 0.1) is 11.3 Å². The van der Waals surface area contributed by atoms with Gasteiger partial charge >= 0.3 is 5.97 Å². The Kier molecular flexibility index (Phi) is 7.54. The fourth-order valence-corrected chi connectivity index (χ4v) is 7.88. The van der Waals surface area contributed by atoms with Crippen LogP contribution >= 0.6 is 11.3 Å². The fourth-order valence-electron chi connectivity index (χ4n) is 7.02. The van der Waals surface area contributed by atoms with Crippen molar-refractivity contribution in [1.29, 1.82) is 5.26 Å². The van der Waals surface area contributed by atoms with Crippen molar-refractivity contribution in [1.82, 2.24) is 39.9 Å². The van der Waals surface area contributed by atoms with Crippen LogP contribution in [0.2, 0.25) is 0 Å². The monoisotopic (exact) mass is 777 g/mol. The topological polar surface area (TPSA) is 274 Å². The zero-order valence-corrected chi connectivity index (χ0v) is 30.8. The molecule has 11 N–H and O–H groups in total. The number of carboxylic acids is 1. The molecule has 4 aromatic carbocycles. The third kappa shape index (κ3) is 5.62. The SMILES string of the molecule is N#C/C(=C\c1ccc(/C=C/c2ccc3c4nc5nc(nc6[nH]c(nc7nc(nc([nH]4)c3c2)-c2ccccc2-7)c2cc(N)c(N)cc62)-c2cc(N)c(N)cc2-5)s1)C(=O)O. The zero-order chi connectivity index (χ0) is 39.8. The molecule has 0 unspecified atom stereocenters. The van der Waals surface area contributed by atoms with E-state index in [1.165, 1.54) is 17.4 Å². The minimum absolute atomic E-state index is 0.334. The maximum Gasteiger partial charge on any atom is 0.346 e. The highest BCUT2D eigenvalue weighted by molar-refractivity contribution is 7.13. The van der Waals surface area contributed by atoms with Gasteiger partial charge in [-0.25, -0.2) is 34.7 Å². The van der Waals surface area contributed by atoms with Gasteiger partial charge in [0, 0.05) is 53.6 Å². The molecule has 0 aliphatic carbocycles. The third-order valence-electron chi connectivity index (χ3n) is 9.89. The van der Waals surface area contributed by atoms with Crippen LogP contribution in [0.4, 0.5) is 22.7 Å². The van der Waals surface area contributed by atoms with Crippen molar-refractivity contribution in [2.24, 2.45) is 0 Å². The second kappa shape index (κ2) is 12.8. The van der Waals surface area contributed by atoms with Gasteiger partial charge < -0.3 is 38.0 Å². The average molecular weight is 778 g/mol. The number of nitrogens with one attached hydrogen (secondary N) is 2. The second-order valence-electron chi connectivity index (χ2n) is 13.6. The largest absolute Gasteiger partial charge is 0.477 e. The van der Waals surface area contributed by atoms with E-state index in [4.69, 9.17) is 52.8 Å². The van der Waals surface area contributed by atoms with Crippen LogP contribution in [0.5, 0.6) is 0 Å². The first-order chi connectivity index (χ1) is 28.1. The maximum absolute atomic E-state index is 11.3. The summed E-state index contributed by atoms with van der Waals surface area (Å²) in [6, 6.07) is 26.0. The maximum atomic E-state index is 11.3. The van der Waals surface area contributed by atoms with Crippen molar-refractivity contribution in [2.45, 2.75) is 0 Å². The molecule has 0 radical (unpaired) electrons. The van der Waals surface area contributed by atoms with Gasteiger partial charge in [0.15, 0.2) is 23.3 Å². The molecule has 8 aromatic rings. The van der Waals surface area contributed by atoms with E-state index >= 15 is 0 Å². The summed E-state index contributed by atoms with van der Waals surface area (Å²) in [5, 5.41) is 21.3. The third-order valence-corrected chi connectivity index (χ3v) is 10.9. The molecule has 58 heavy (non-hydrogen) atoms. The standard InChI is InChI=1S/C42H27N13O2S/c43-17-19(42(56)57)12-21-9-8-20(58-21)7-5-18-6-10-24-25(11-18)37-49-34-22-3-1-2-4-23(22)35(48-34)50-38-26-13-30(44)32(46)15-28(26)40(53-38)55-41-29-16-33(47)31(45)14-27(29)39(54-41)52-36(24)51-37/h1-16H,44-47H2,(H,56,57)(H2,48,49,50,51,52,53,54,55)/b7-5+,19-12+. The number of aromatic amines is 2. The van der Waals surface area contributed by atoms with Crippen LogP contribution in [-0.2, 0) is 4.79 Å².